The molecule has 0 bridgehead atoms. The Hall–Kier alpha value is -6.76. The van der Waals surface area contributed by atoms with Gasteiger partial charge in [0, 0.05) is 5.41 Å². The lowest BCUT2D eigenvalue weighted by atomic mass is 9.80. The van der Waals surface area contributed by atoms with Crippen molar-refractivity contribution in [2.75, 3.05) is 0 Å². The highest BCUT2D eigenvalue weighted by Gasteiger charge is 2.36. The molecule has 0 fully saturated rings. The minimum Gasteiger partial charge on any atom is -0.0616 e. The standard InChI is InChI=1S/C55H38/c1-55(2)53-33-37(35-15-11-17-39(29-35)51-31-41-13-3-5-19-43(41)45-21-7-9-23-47(45)51)25-27-49(53)50-28-26-38(34-54(50)55)36-16-12-18-40(30-36)52-32-42-14-4-6-20-44(42)46-22-8-10-24-48(46)52/h3-34H,1-2H3. The minimum atomic E-state index is -0.144. The van der Waals surface area contributed by atoms with Gasteiger partial charge in [0.2, 0.25) is 0 Å². The molecule has 0 amide bonds. The van der Waals surface area contributed by atoms with Crippen LogP contribution >= 0.6 is 0 Å². The monoisotopic (exact) mass is 698 g/mol. The second kappa shape index (κ2) is 12.1. The first-order valence-electron chi connectivity index (χ1n) is 19.3. The van der Waals surface area contributed by atoms with Crippen LogP contribution in [0.4, 0.5) is 0 Å². The summed E-state index contributed by atoms with van der Waals surface area (Å²) in [4.78, 5) is 0. The fraction of sp³-hybridized carbons (Fsp3) is 0.0545. The molecular formula is C55H38. The van der Waals surface area contributed by atoms with Crippen molar-refractivity contribution < 1.29 is 0 Å². The zero-order valence-corrected chi connectivity index (χ0v) is 31.0. The van der Waals surface area contributed by atoms with Crippen molar-refractivity contribution >= 4 is 43.1 Å². The van der Waals surface area contributed by atoms with Crippen LogP contribution in [0.1, 0.15) is 25.0 Å². The summed E-state index contributed by atoms with van der Waals surface area (Å²) in [6, 6.07) is 72.2. The Bertz CT molecular complexity index is 2960. The fourth-order valence-electron chi connectivity index (χ4n) is 9.42. The summed E-state index contributed by atoms with van der Waals surface area (Å²) in [5.74, 6) is 0. The maximum Gasteiger partial charge on any atom is 0.0159 e. The molecule has 0 spiro atoms. The van der Waals surface area contributed by atoms with Crippen LogP contribution in [0.3, 0.4) is 0 Å². The van der Waals surface area contributed by atoms with Crippen LogP contribution in [0.5, 0.6) is 0 Å². The van der Waals surface area contributed by atoms with Gasteiger partial charge in [-0.15, -0.1) is 0 Å². The summed E-state index contributed by atoms with van der Waals surface area (Å²) >= 11 is 0. The maximum absolute atomic E-state index is 2.44. The van der Waals surface area contributed by atoms with Crippen LogP contribution in [0.25, 0.3) is 98.7 Å². The predicted molar refractivity (Wildman–Crippen MR) is 236 cm³/mol. The van der Waals surface area contributed by atoms with E-state index in [4.69, 9.17) is 0 Å². The lowest BCUT2D eigenvalue weighted by Gasteiger charge is -2.23. The Balaban J connectivity index is 0.966. The van der Waals surface area contributed by atoms with E-state index in [1.165, 1.54) is 110 Å². The molecule has 10 aromatic carbocycles. The van der Waals surface area contributed by atoms with Crippen LogP contribution in [0.2, 0.25) is 0 Å². The molecule has 0 aromatic heterocycles. The zero-order chi connectivity index (χ0) is 36.7. The summed E-state index contributed by atoms with van der Waals surface area (Å²) < 4.78 is 0. The summed E-state index contributed by atoms with van der Waals surface area (Å²) in [6.07, 6.45) is 0. The molecule has 0 atom stereocenters. The van der Waals surface area contributed by atoms with E-state index in [0.29, 0.717) is 0 Å². The topological polar surface area (TPSA) is 0 Å². The Morgan fingerprint density at radius 2 is 0.618 bits per heavy atom. The number of hydrogen-bond acceptors (Lipinski definition) is 0. The summed E-state index contributed by atoms with van der Waals surface area (Å²) in [6.45, 7) is 4.78. The van der Waals surface area contributed by atoms with Crippen molar-refractivity contribution in [2.24, 2.45) is 0 Å². The Morgan fingerprint density at radius 3 is 1.07 bits per heavy atom. The molecule has 10 aromatic rings. The first-order chi connectivity index (χ1) is 27.0. The SMILES string of the molecule is CC1(C)c2cc(-c3cccc(-c4cc5ccccc5c5ccccc45)c3)ccc2-c2ccc(-c3cccc(-c4cc5ccccc5c5ccccc45)c3)cc21. The largest absolute Gasteiger partial charge is 0.0616 e. The van der Waals surface area contributed by atoms with Gasteiger partial charge in [-0.05, 0) is 146 Å². The highest BCUT2D eigenvalue weighted by Crippen LogP contribution is 2.51. The van der Waals surface area contributed by atoms with Gasteiger partial charge >= 0.3 is 0 Å². The van der Waals surface area contributed by atoms with E-state index in [1.54, 1.807) is 0 Å². The van der Waals surface area contributed by atoms with Crippen molar-refractivity contribution in [1.29, 1.82) is 0 Å². The molecule has 11 rings (SSSR count). The van der Waals surface area contributed by atoms with Crippen molar-refractivity contribution in [3.05, 3.63) is 205 Å². The lowest BCUT2D eigenvalue weighted by Crippen LogP contribution is -2.15. The van der Waals surface area contributed by atoms with Gasteiger partial charge in [-0.25, -0.2) is 0 Å². The van der Waals surface area contributed by atoms with Gasteiger partial charge in [-0.1, -0.05) is 172 Å². The fourth-order valence-corrected chi connectivity index (χ4v) is 9.42. The van der Waals surface area contributed by atoms with E-state index in [2.05, 4.69) is 208 Å². The van der Waals surface area contributed by atoms with Crippen LogP contribution < -0.4 is 0 Å². The molecular weight excluding hydrogens is 661 g/mol. The molecule has 55 heavy (non-hydrogen) atoms. The van der Waals surface area contributed by atoms with Crippen molar-refractivity contribution in [3.63, 3.8) is 0 Å². The van der Waals surface area contributed by atoms with Crippen LogP contribution in [-0.4, -0.2) is 0 Å². The van der Waals surface area contributed by atoms with Crippen LogP contribution in [0, 0.1) is 0 Å². The number of rotatable bonds is 4. The molecule has 0 nitrogen and oxygen atoms in total. The van der Waals surface area contributed by atoms with Crippen LogP contribution in [-0.2, 0) is 5.41 Å². The average Bonchev–Trinajstić information content (AvgIpc) is 3.47. The Morgan fingerprint density at radius 1 is 0.255 bits per heavy atom. The highest BCUT2D eigenvalue weighted by atomic mass is 14.4. The predicted octanol–water partition coefficient (Wildman–Crippen LogP) is 15.3. The van der Waals surface area contributed by atoms with E-state index < -0.39 is 0 Å². The number of hydrogen-bond donors (Lipinski definition) is 0. The van der Waals surface area contributed by atoms with Gasteiger partial charge in [0.15, 0.2) is 0 Å². The maximum atomic E-state index is 2.44. The summed E-state index contributed by atoms with van der Waals surface area (Å²) in [5.41, 5.74) is 15.3. The molecule has 0 unspecified atom stereocenters. The van der Waals surface area contributed by atoms with Crippen LogP contribution in [0.15, 0.2) is 194 Å². The van der Waals surface area contributed by atoms with Crippen molar-refractivity contribution in [1.82, 2.24) is 0 Å². The van der Waals surface area contributed by atoms with E-state index in [-0.39, 0.29) is 5.41 Å². The summed E-state index contributed by atoms with van der Waals surface area (Å²) in [5, 5.41) is 10.3. The third kappa shape index (κ3) is 4.99. The van der Waals surface area contributed by atoms with E-state index in [0.717, 1.165) is 0 Å². The molecule has 0 saturated heterocycles. The number of benzene rings is 10. The van der Waals surface area contributed by atoms with Gasteiger partial charge in [0.05, 0.1) is 0 Å². The van der Waals surface area contributed by atoms with Gasteiger partial charge in [-0.3, -0.25) is 0 Å². The van der Waals surface area contributed by atoms with Crippen molar-refractivity contribution in [2.45, 2.75) is 19.3 Å². The third-order valence-electron chi connectivity index (χ3n) is 12.2. The molecule has 0 saturated carbocycles. The quantitative estimate of drug-likeness (QED) is 0.161. The Kier molecular flexibility index (Phi) is 7.00. The van der Waals surface area contributed by atoms with Gasteiger partial charge in [0.25, 0.3) is 0 Å². The molecule has 0 aliphatic heterocycles. The normalized spacial score (nSPS) is 13.1. The van der Waals surface area contributed by atoms with Crippen molar-refractivity contribution in [3.8, 4) is 55.6 Å². The molecule has 0 N–H and O–H groups in total. The number of fused-ring (bicyclic) bond motifs is 9. The smallest absolute Gasteiger partial charge is 0.0159 e. The summed E-state index contributed by atoms with van der Waals surface area (Å²) in [7, 11) is 0. The molecule has 0 heteroatoms. The Labute approximate surface area is 322 Å². The van der Waals surface area contributed by atoms with Gasteiger partial charge < -0.3 is 0 Å². The molecule has 1 aliphatic carbocycles. The molecule has 0 heterocycles. The van der Waals surface area contributed by atoms with Gasteiger partial charge in [-0.2, -0.15) is 0 Å². The minimum absolute atomic E-state index is 0.144. The third-order valence-corrected chi connectivity index (χ3v) is 12.2. The first-order valence-corrected chi connectivity index (χ1v) is 19.3. The molecule has 1 aliphatic rings. The van der Waals surface area contributed by atoms with E-state index in [9.17, 15) is 0 Å². The van der Waals surface area contributed by atoms with E-state index >= 15 is 0 Å². The second-order valence-corrected chi connectivity index (χ2v) is 15.7. The lowest BCUT2D eigenvalue weighted by molar-refractivity contribution is 0.661. The molecule has 258 valence electrons. The van der Waals surface area contributed by atoms with E-state index in [1.807, 2.05) is 0 Å². The average molecular weight is 699 g/mol. The second-order valence-electron chi connectivity index (χ2n) is 15.7. The molecule has 0 radical (unpaired) electrons. The first kappa shape index (κ1) is 31.7. The van der Waals surface area contributed by atoms with Gasteiger partial charge in [0.1, 0.15) is 0 Å². The zero-order valence-electron chi connectivity index (χ0n) is 31.0. The highest BCUT2D eigenvalue weighted by molar-refractivity contribution is 6.15.